The van der Waals surface area contributed by atoms with Gasteiger partial charge in [-0.25, -0.2) is 4.98 Å². The number of rotatable bonds is 5. The Morgan fingerprint density at radius 2 is 2.11 bits per heavy atom. The van der Waals surface area contributed by atoms with E-state index >= 15 is 0 Å². The minimum Gasteiger partial charge on any atom is -0.359 e. The van der Waals surface area contributed by atoms with Crippen molar-refractivity contribution in [3.63, 3.8) is 0 Å². The van der Waals surface area contributed by atoms with E-state index in [9.17, 15) is 13.2 Å². The lowest BCUT2D eigenvalue weighted by Gasteiger charge is -2.22. The van der Waals surface area contributed by atoms with Crippen LogP contribution in [0.2, 0.25) is 0 Å². The van der Waals surface area contributed by atoms with Gasteiger partial charge >= 0.3 is 6.18 Å². The van der Waals surface area contributed by atoms with Crippen LogP contribution in [-0.4, -0.2) is 31.8 Å². The molecular weight excluding hydrogens is 311 g/mol. The van der Waals surface area contributed by atoms with E-state index in [1.807, 2.05) is 6.07 Å². The number of nitrogens with one attached hydrogen (secondary N) is 1. The predicted octanol–water partition coefficient (Wildman–Crippen LogP) is 2.95. The summed E-state index contributed by atoms with van der Waals surface area (Å²) in [5, 5.41) is 2.97. The molecule has 1 heterocycles. The van der Waals surface area contributed by atoms with Gasteiger partial charge in [0, 0.05) is 36.4 Å². The number of nitrogens with zero attached hydrogens (tertiary/aromatic N) is 2. The van der Waals surface area contributed by atoms with Gasteiger partial charge in [0.15, 0.2) is 0 Å². The summed E-state index contributed by atoms with van der Waals surface area (Å²) in [6.45, 7) is 0.451. The molecule has 0 saturated carbocycles. The summed E-state index contributed by atoms with van der Waals surface area (Å²) in [5.41, 5.74) is 0.858. The first-order valence-corrected chi connectivity index (χ1v) is 6.19. The maximum atomic E-state index is 12.2. The van der Waals surface area contributed by atoms with Crippen molar-refractivity contribution in [3.05, 3.63) is 22.3 Å². The number of alkyl halides is 3. The van der Waals surface area contributed by atoms with Gasteiger partial charge in [0.25, 0.3) is 0 Å². The van der Waals surface area contributed by atoms with Crippen LogP contribution in [0.25, 0.3) is 0 Å². The standard InChI is InChI=1S/C11H15BrF3N3/c1-16-6-8-5-9(12)7-17-10(8)18(2)4-3-11(13,14)15/h5,7,16H,3-4,6H2,1-2H3. The van der Waals surface area contributed by atoms with Crippen LogP contribution in [0.3, 0.4) is 0 Å². The van der Waals surface area contributed by atoms with Gasteiger partial charge in [-0.1, -0.05) is 0 Å². The molecule has 0 fully saturated rings. The molecule has 1 aromatic heterocycles. The maximum Gasteiger partial charge on any atom is 0.390 e. The molecule has 0 spiro atoms. The second-order valence-electron chi connectivity index (χ2n) is 3.95. The van der Waals surface area contributed by atoms with Crippen LogP contribution in [0.4, 0.5) is 19.0 Å². The highest BCUT2D eigenvalue weighted by atomic mass is 79.9. The highest BCUT2D eigenvalue weighted by Gasteiger charge is 2.27. The van der Waals surface area contributed by atoms with E-state index in [2.05, 4.69) is 26.2 Å². The topological polar surface area (TPSA) is 28.2 Å². The van der Waals surface area contributed by atoms with E-state index in [0.717, 1.165) is 10.0 Å². The summed E-state index contributed by atoms with van der Waals surface area (Å²) < 4.78 is 37.3. The highest BCUT2D eigenvalue weighted by Crippen LogP contribution is 2.24. The number of hydrogen-bond donors (Lipinski definition) is 1. The second kappa shape index (κ2) is 6.38. The van der Waals surface area contributed by atoms with E-state index in [1.54, 1.807) is 20.3 Å². The highest BCUT2D eigenvalue weighted by molar-refractivity contribution is 9.10. The predicted molar refractivity (Wildman–Crippen MR) is 68.6 cm³/mol. The monoisotopic (exact) mass is 325 g/mol. The molecule has 0 amide bonds. The normalized spacial score (nSPS) is 11.7. The third-order valence-corrected chi connectivity index (χ3v) is 2.80. The fraction of sp³-hybridized carbons (Fsp3) is 0.545. The SMILES string of the molecule is CNCc1cc(Br)cnc1N(C)CCC(F)(F)F. The number of anilines is 1. The smallest absolute Gasteiger partial charge is 0.359 e. The zero-order chi connectivity index (χ0) is 13.8. The van der Waals surface area contributed by atoms with Crippen LogP contribution < -0.4 is 10.2 Å². The lowest BCUT2D eigenvalue weighted by Crippen LogP contribution is -2.26. The molecule has 7 heteroatoms. The molecule has 1 aromatic rings. The average Bonchev–Trinajstić information content (AvgIpc) is 2.25. The Morgan fingerprint density at radius 3 is 2.67 bits per heavy atom. The number of halogens is 4. The Hall–Kier alpha value is -0.820. The van der Waals surface area contributed by atoms with Crippen molar-refractivity contribution in [2.45, 2.75) is 19.1 Å². The zero-order valence-corrected chi connectivity index (χ0v) is 11.8. The van der Waals surface area contributed by atoms with Gasteiger partial charge in [-0.2, -0.15) is 13.2 Å². The molecule has 1 N–H and O–H groups in total. The first kappa shape index (κ1) is 15.2. The number of pyridine rings is 1. The molecule has 0 aromatic carbocycles. The number of hydrogen-bond acceptors (Lipinski definition) is 3. The molecule has 3 nitrogen and oxygen atoms in total. The Balaban J connectivity index is 2.80. The third kappa shape index (κ3) is 4.81. The Labute approximate surface area is 113 Å². The van der Waals surface area contributed by atoms with Crippen molar-refractivity contribution in [3.8, 4) is 0 Å². The maximum absolute atomic E-state index is 12.2. The fourth-order valence-corrected chi connectivity index (χ4v) is 1.92. The molecule has 0 aliphatic carbocycles. The largest absolute Gasteiger partial charge is 0.390 e. The van der Waals surface area contributed by atoms with Crippen LogP contribution >= 0.6 is 15.9 Å². The van der Waals surface area contributed by atoms with Crippen LogP contribution in [0, 0.1) is 0 Å². The quantitative estimate of drug-likeness (QED) is 0.902. The summed E-state index contributed by atoms with van der Waals surface area (Å²) in [6.07, 6.45) is -3.41. The van der Waals surface area contributed by atoms with E-state index < -0.39 is 12.6 Å². The molecule has 0 bridgehead atoms. The molecule has 1 rings (SSSR count). The van der Waals surface area contributed by atoms with Crippen molar-refractivity contribution in [1.82, 2.24) is 10.3 Å². The van der Waals surface area contributed by atoms with E-state index in [1.165, 1.54) is 4.90 Å². The van der Waals surface area contributed by atoms with Crippen molar-refractivity contribution in [2.75, 3.05) is 25.5 Å². The molecule has 0 radical (unpaired) electrons. The molecule has 102 valence electrons. The summed E-state index contributed by atoms with van der Waals surface area (Å²) in [5.74, 6) is 0.566. The zero-order valence-electron chi connectivity index (χ0n) is 10.2. The molecule has 0 saturated heterocycles. The van der Waals surface area contributed by atoms with Gasteiger partial charge < -0.3 is 10.2 Å². The first-order valence-electron chi connectivity index (χ1n) is 5.40. The van der Waals surface area contributed by atoms with Crippen LogP contribution in [0.15, 0.2) is 16.7 Å². The lowest BCUT2D eigenvalue weighted by atomic mass is 10.2. The van der Waals surface area contributed by atoms with Crippen molar-refractivity contribution < 1.29 is 13.2 Å². The van der Waals surface area contributed by atoms with E-state index in [0.29, 0.717) is 12.4 Å². The minimum absolute atomic E-state index is 0.102. The molecular formula is C11H15BrF3N3. The Bertz CT molecular complexity index is 396. The molecule has 0 unspecified atom stereocenters. The van der Waals surface area contributed by atoms with Crippen LogP contribution in [0.5, 0.6) is 0 Å². The summed E-state index contributed by atoms with van der Waals surface area (Å²) >= 11 is 3.30. The summed E-state index contributed by atoms with van der Waals surface area (Å²) in [4.78, 5) is 5.69. The van der Waals surface area contributed by atoms with Gasteiger partial charge in [0.2, 0.25) is 0 Å². The lowest BCUT2D eigenvalue weighted by molar-refractivity contribution is -0.132. The van der Waals surface area contributed by atoms with Crippen molar-refractivity contribution >= 4 is 21.7 Å². The van der Waals surface area contributed by atoms with Gasteiger partial charge in [0.05, 0.1) is 6.42 Å². The Kier molecular flexibility index (Phi) is 5.40. The molecule has 18 heavy (non-hydrogen) atoms. The van der Waals surface area contributed by atoms with E-state index in [-0.39, 0.29) is 6.54 Å². The minimum atomic E-state index is -4.15. The average molecular weight is 326 g/mol. The number of aromatic nitrogens is 1. The van der Waals surface area contributed by atoms with Gasteiger partial charge in [-0.3, -0.25) is 0 Å². The summed E-state index contributed by atoms with van der Waals surface area (Å²) in [7, 11) is 3.39. The Morgan fingerprint density at radius 1 is 1.44 bits per heavy atom. The molecule has 0 aliphatic rings. The first-order chi connectivity index (χ1) is 8.33. The van der Waals surface area contributed by atoms with Crippen molar-refractivity contribution in [2.24, 2.45) is 0 Å². The molecule has 0 atom stereocenters. The van der Waals surface area contributed by atoms with Crippen LogP contribution in [0.1, 0.15) is 12.0 Å². The van der Waals surface area contributed by atoms with E-state index in [4.69, 9.17) is 0 Å². The third-order valence-electron chi connectivity index (χ3n) is 2.37. The fourth-order valence-electron chi connectivity index (χ4n) is 1.54. The van der Waals surface area contributed by atoms with Gasteiger partial charge in [0.1, 0.15) is 5.82 Å². The second-order valence-corrected chi connectivity index (χ2v) is 4.87. The van der Waals surface area contributed by atoms with Gasteiger partial charge in [-0.15, -0.1) is 0 Å². The summed E-state index contributed by atoms with van der Waals surface area (Å²) in [6, 6.07) is 1.85. The van der Waals surface area contributed by atoms with Gasteiger partial charge in [-0.05, 0) is 29.0 Å². The molecule has 0 aliphatic heterocycles. The van der Waals surface area contributed by atoms with Crippen LogP contribution in [-0.2, 0) is 6.54 Å². The van der Waals surface area contributed by atoms with Crippen molar-refractivity contribution in [1.29, 1.82) is 0 Å².